The fourth-order valence-corrected chi connectivity index (χ4v) is 2.95. The second-order valence-electron chi connectivity index (χ2n) is 6.48. The van der Waals surface area contributed by atoms with Gasteiger partial charge in [0.05, 0.1) is 0 Å². The number of hydrogen-bond acceptors (Lipinski definition) is 3. The number of amides is 1. The molecule has 1 atom stereocenters. The summed E-state index contributed by atoms with van der Waals surface area (Å²) in [6, 6.07) is 11.4. The van der Waals surface area contributed by atoms with Crippen LogP contribution in [0.1, 0.15) is 28.6 Å². The van der Waals surface area contributed by atoms with Crippen LogP contribution < -0.4 is 10.1 Å². The van der Waals surface area contributed by atoms with Crippen LogP contribution in [0.3, 0.4) is 0 Å². The molecule has 27 heavy (non-hydrogen) atoms. The van der Waals surface area contributed by atoms with Crippen LogP contribution in [0.2, 0.25) is 0 Å². The lowest BCUT2D eigenvalue weighted by atomic mass is 10.1. The van der Waals surface area contributed by atoms with Crippen molar-refractivity contribution in [2.24, 2.45) is 7.05 Å². The van der Waals surface area contributed by atoms with Crippen molar-refractivity contribution in [1.29, 1.82) is 0 Å². The molecule has 0 saturated heterocycles. The molecular formula is C21H22FN3O2. The van der Waals surface area contributed by atoms with E-state index in [0.717, 1.165) is 11.1 Å². The predicted octanol–water partition coefficient (Wildman–Crippen LogP) is 3.46. The molecule has 140 valence electrons. The van der Waals surface area contributed by atoms with E-state index in [1.165, 1.54) is 6.07 Å². The van der Waals surface area contributed by atoms with Gasteiger partial charge in [0.25, 0.3) is 5.91 Å². The van der Waals surface area contributed by atoms with Crippen LogP contribution in [0.15, 0.2) is 54.9 Å². The van der Waals surface area contributed by atoms with E-state index in [2.05, 4.69) is 10.3 Å². The lowest BCUT2D eigenvalue weighted by Gasteiger charge is -2.20. The molecule has 0 spiro atoms. The molecule has 1 heterocycles. The van der Waals surface area contributed by atoms with Gasteiger partial charge < -0.3 is 14.6 Å². The summed E-state index contributed by atoms with van der Waals surface area (Å²) in [4.78, 5) is 16.8. The van der Waals surface area contributed by atoms with Gasteiger partial charge in [-0.1, -0.05) is 35.9 Å². The Balaban J connectivity index is 1.77. The van der Waals surface area contributed by atoms with E-state index in [1.807, 2.05) is 32.0 Å². The molecule has 1 N–H and O–H groups in total. The average Bonchev–Trinajstić information content (AvgIpc) is 3.05. The summed E-state index contributed by atoms with van der Waals surface area (Å²) in [6.45, 7) is 3.75. The molecule has 1 amide bonds. The normalized spacial score (nSPS) is 11.9. The predicted molar refractivity (Wildman–Crippen MR) is 101 cm³/mol. The summed E-state index contributed by atoms with van der Waals surface area (Å²) >= 11 is 0. The van der Waals surface area contributed by atoms with Crippen LogP contribution in [-0.4, -0.2) is 22.1 Å². The molecule has 0 aliphatic rings. The first-order chi connectivity index (χ1) is 13.0. The second-order valence-corrected chi connectivity index (χ2v) is 6.48. The Morgan fingerprint density at radius 3 is 2.70 bits per heavy atom. The number of nitrogens with zero attached hydrogens (tertiary/aromatic N) is 2. The molecule has 1 aromatic heterocycles. The van der Waals surface area contributed by atoms with Crippen LogP contribution in [0.4, 0.5) is 4.39 Å². The molecule has 3 rings (SSSR count). The van der Waals surface area contributed by atoms with E-state index in [-0.39, 0.29) is 12.5 Å². The summed E-state index contributed by atoms with van der Waals surface area (Å²) in [6.07, 6.45) is 3.36. The maximum Gasteiger partial charge on any atom is 0.258 e. The van der Waals surface area contributed by atoms with Crippen LogP contribution in [0.25, 0.3) is 0 Å². The van der Waals surface area contributed by atoms with Crippen molar-refractivity contribution in [2.45, 2.75) is 19.9 Å². The fourth-order valence-electron chi connectivity index (χ4n) is 2.95. The number of ether oxygens (including phenoxy) is 1. The summed E-state index contributed by atoms with van der Waals surface area (Å²) in [5.74, 6) is 0.433. The quantitative estimate of drug-likeness (QED) is 0.726. The van der Waals surface area contributed by atoms with E-state index in [4.69, 9.17) is 4.74 Å². The van der Waals surface area contributed by atoms with E-state index < -0.39 is 11.9 Å². The van der Waals surface area contributed by atoms with Crippen LogP contribution in [0.5, 0.6) is 5.75 Å². The van der Waals surface area contributed by atoms with Gasteiger partial charge in [-0.25, -0.2) is 9.37 Å². The number of halogens is 1. The maximum absolute atomic E-state index is 14.3. The van der Waals surface area contributed by atoms with Crippen molar-refractivity contribution < 1.29 is 13.9 Å². The number of aryl methyl sites for hydroxylation is 3. The third-order valence-corrected chi connectivity index (χ3v) is 4.33. The Hall–Kier alpha value is -3.15. The minimum absolute atomic E-state index is 0.167. The summed E-state index contributed by atoms with van der Waals surface area (Å²) in [7, 11) is 1.80. The minimum Gasteiger partial charge on any atom is -0.484 e. The van der Waals surface area contributed by atoms with E-state index >= 15 is 0 Å². The second kappa shape index (κ2) is 8.03. The number of carbonyl (C=O) groups is 1. The van der Waals surface area contributed by atoms with Crippen molar-refractivity contribution in [2.75, 3.05) is 6.61 Å². The largest absolute Gasteiger partial charge is 0.484 e. The van der Waals surface area contributed by atoms with Crippen molar-refractivity contribution in [3.05, 3.63) is 83.2 Å². The molecule has 0 saturated carbocycles. The van der Waals surface area contributed by atoms with Gasteiger partial charge in [0.15, 0.2) is 6.61 Å². The molecule has 5 nitrogen and oxygen atoms in total. The third kappa shape index (κ3) is 4.34. The molecule has 0 bridgehead atoms. The molecule has 0 aliphatic heterocycles. The summed E-state index contributed by atoms with van der Waals surface area (Å²) < 4.78 is 21.7. The highest BCUT2D eigenvalue weighted by Crippen LogP contribution is 2.23. The third-order valence-electron chi connectivity index (χ3n) is 4.33. The number of carbonyl (C=O) groups excluding carboxylic acids is 1. The van der Waals surface area contributed by atoms with Crippen molar-refractivity contribution in [1.82, 2.24) is 14.9 Å². The lowest BCUT2D eigenvalue weighted by Crippen LogP contribution is -2.35. The number of nitrogens with one attached hydrogen (secondary N) is 1. The first kappa shape index (κ1) is 18.6. The minimum atomic E-state index is -0.707. The topological polar surface area (TPSA) is 56.1 Å². The van der Waals surface area contributed by atoms with Gasteiger partial charge >= 0.3 is 0 Å². The van der Waals surface area contributed by atoms with Crippen molar-refractivity contribution >= 4 is 5.91 Å². The van der Waals surface area contributed by atoms with E-state index in [0.29, 0.717) is 17.1 Å². The summed E-state index contributed by atoms with van der Waals surface area (Å²) in [5.41, 5.74) is 2.43. The molecule has 2 aromatic carbocycles. The van der Waals surface area contributed by atoms with Gasteiger partial charge in [-0.05, 0) is 31.5 Å². The standard InChI is InChI=1S/C21H22FN3O2/c1-14-8-9-18(15(2)12-14)27-13-19(26)24-20(21-23-10-11-25(21)3)16-6-4-5-7-17(16)22/h4-12,20H,13H2,1-3H3,(H,24,26)/t20-/m0/s1. The maximum atomic E-state index is 14.3. The van der Waals surface area contributed by atoms with E-state index in [1.54, 1.807) is 42.2 Å². The Bertz CT molecular complexity index is 952. The average molecular weight is 367 g/mol. The Kier molecular flexibility index (Phi) is 5.54. The smallest absolute Gasteiger partial charge is 0.258 e. The molecule has 6 heteroatoms. The zero-order valence-corrected chi connectivity index (χ0v) is 15.6. The van der Waals surface area contributed by atoms with Gasteiger partial charge in [0, 0.05) is 25.0 Å². The molecule has 0 radical (unpaired) electrons. The summed E-state index contributed by atoms with van der Waals surface area (Å²) in [5, 5.41) is 2.83. The molecule has 0 fully saturated rings. The number of rotatable bonds is 6. The Labute approximate surface area is 157 Å². The zero-order chi connectivity index (χ0) is 19.4. The first-order valence-corrected chi connectivity index (χ1v) is 8.67. The fraction of sp³-hybridized carbons (Fsp3) is 0.238. The molecule has 0 aliphatic carbocycles. The highest BCUT2D eigenvalue weighted by Gasteiger charge is 2.23. The van der Waals surface area contributed by atoms with Gasteiger partial charge in [0.1, 0.15) is 23.4 Å². The molecule has 0 unspecified atom stereocenters. The number of aromatic nitrogens is 2. The Morgan fingerprint density at radius 1 is 1.26 bits per heavy atom. The zero-order valence-electron chi connectivity index (χ0n) is 15.6. The van der Waals surface area contributed by atoms with Crippen molar-refractivity contribution in [3.63, 3.8) is 0 Å². The molecule has 3 aromatic rings. The molecular weight excluding hydrogens is 345 g/mol. The number of hydrogen-bond donors (Lipinski definition) is 1. The lowest BCUT2D eigenvalue weighted by molar-refractivity contribution is -0.123. The van der Waals surface area contributed by atoms with Crippen LogP contribution in [0, 0.1) is 19.7 Å². The highest BCUT2D eigenvalue weighted by atomic mass is 19.1. The monoisotopic (exact) mass is 367 g/mol. The van der Waals surface area contributed by atoms with Crippen molar-refractivity contribution in [3.8, 4) is 5.75 Å². The van der Waals surface area contributed by atoms with Gasteiger partial charge in [-0.3, -0.25) is 4.79 Å². The first-order valence-electron chi connectivity index (χ1n) is 8.67. The van der Waals surface area contributed by atoms with Crippen LogP contribution >= 0.6 is 0 Å². The van der Waals surface area contributed by atoms with Gasteiger partial charge in [-0.2, -0.15) is 0 Å². The van der Waals surface area contributed by atoms with Gasteiger partial charge in [0.2, 0.25) is 0 Å². The Morgan fingerprint density at radius 2 is 2.04 bits per heavy atom. The highest BCUT2D eigenvalue weighted by molar-refractivity contribution is 5.78. The number of imidazole rings is 1. The van der Waals surface area contributed by atoms with Gasteiger partial charge in [-0.15, -0.1) is 0 Å². The number of benzene rings is 2. The SMILES string of the molecule is Cc1ccc(OCC(=O)N[C@@H](c2ccccc2F)c2nccn2C)c(C)c1. The van der Waals surface area contributed by atoms with Crippen LogP contribution in [-0.2, 0) is 11.8 Å². The van der Waals surface area contributed by atoms with E-state index in [9.17, 15) is 9.18 Å².